The Bertz CT molecular complexity index is 6940. The number of benzene rings is 4. The Labute approximate surface area is 775 Å². The Kier molecular flexibility index (Phi) is 25.8. The smallest absolute Gasteiger partial charge is 0.320 e. The Hall–Kier alpha value is -13.2. The van der Waals surface area contributed by atoms with Crippen molar-refractivity contribution in [1.29, 1.82) is 0 Å². The van der Waals surface area contributed by atoms with Gasteiger partial charge in [-0.25, -0.2) is 73.4 Å². The standard InChI is InChI=1S/C25H28N8O3.C23H26N8O3S.C22H24N8O2.C21H23N7O2S/c1-26-22(34)13-21-27-14-17-12-16(2-3-20(17)29-21)23-19-15-28-33(18-4-8-35-9-5-18)24(19)31-25(30-23)32-6-10-36-11-7-32;1-24-22(32)29-23-26-17-3-2-14(12-18(17)35-23)19-16-13-25-31(15-4-8-33-9-5-15)20(16)28-21(27-19)30-6-10-34-11-7-30;23-21-24-12-15-11-14(1-2-18(15)26-21)19-17-13-25-30(16-3-7-31-8-4-16)20(17)28-22(27-19)29-5-9-32-10-6-29;22-20-24-16-2-1-13(11-17(16)31-20)18-15-12-23-28(14-3-7-29-8-4-14)19(15)26-21(25-18)27-5-9-30-10-6-27/h2-3,12,14-15,18H,4-11,13H2,1H3,(H,26,34);2-3,12-13,15H,4-11H2,1H3,(H2,24,26,29,32);1-2,11-13,16H,3-10H2,(H2,23,24,26);1-2,11-12,14H,3-10H2,(H2,22,24). The number of nitrogen functional groups attached to an aromatic ring is 2. The van der Waals surface area contributed by atoms with Gasteiger partial charge in [-0.15, -0.1) is 0 Å². The van der Waals surface area contributed by atoms with Gasteiger partial charge in [-0.05, 0) is 99.9 Å². The predicted octanol–water partition coefficient (Wildman–Crippen LogP) is 10.0. The molecule has 41 nitrogen and oxygen atoms in total. The van der Waals surface area contributed by atoms with Crippen LogP contribution in [0.4, 0.5) is 44.8 Å². The van der Waals surface area contributed by atoms with E-state index in [9.17, 15) is 9.59 Å². The molecule has 0 spiro atoms. The second-order valence-electron chi connectivity index (χ2n) is 33.6. The number of nitrogens with one attached hydrogen (secondary N) is 3. The maximum Gasteiger partial charge on any atom is 0.320 e. The summed E-state index contributed by atoms with van der Waals surface area (Å²) in [6, 6.07) is 25.0. The number of hydrogen-bond donors (Lipinski definition) is 5. The summed E-state index contributed by atoms with van der Waals surface area (Å²) in [6.45, 7) is 17.3. The number of nitrogens with zero attached hydrogens (tertiary/aromatic N) is 26. The van der Waals surface area contributed by atoms with Crippen molar-refractivity contribution in [3.05, 3.63) is 116 Å². The fourth-order valence-corrected chi connectivity index (χ4v) is 19.7. The first-order valence-corrected chi connectivity index (χ1v) is 47.2. The average Bonchev–Trinajstić information content (AvgIpc) is 1.57. The van der Waals surface area contributed by atoms with E-state index in [1.165, 1.54) is 22.7 Å². The molecule has 4 aromatic carbocycles. The lowest BCUT2D eigenvalue weighted by Crippen LogP contribution is -2.37. The fraction of sp³-hybridized carbons (Fsp3) is 0.429. The number of anilines is 7. The summed E-state index contributed by atoms with van der Waals surface area (Å²) in [7, 11) is 3.18. The fourth-order valence-electron chi connectivity index (χ4n) is 18.0. The number of fused-ring (bicyclic) bond motifs is 8. The molecule has 24 rings (SSSR count). The molecule has 43 heteroatoms. The van der Waals surface area contributed by atoms with Gasteiger partial charge in [0.25, 0.3) is 0 Å². The number of thiazole rings is 2. The van der Waals surface area contributed by atoms with E-state index in [2.05, 4.69) is 93.0 Å². The van der Waals surface area contributed by atoms with Gasteiger partial charge in [0.15, 0.2) is 32.9 Å². The van der Waals surface area contributed by atoms with Crippen molar-refractivity contribution >= 4 is 161 Å². The molecule has 692 valence electrons. The van der Waals surface area contributed by atoms with Crippen molar-refractivity contribution < 1.29 is 47.5 Å². The molecule has 8 aliphatic heterocycles. The van der Waals surface area contributed by atoms with E-state index in [4.69, 9.17) is 110 Å². The molecule has 0 radical (unpaired) electrons. The molecular weight excluding hydrogens is 1750 g/mol. The molecular formula is C91H101N31O10S2. The minimum Gasteiger partial charge on any atom is -0.381 e. The van der Waals surface area contributed by atoms with Crippen LogP contribution in [0, 0.1) is 0 Å². The third-order valence-electron chi connectivity index (χ3n) is 25.3. The monoisotopic (exact) mass is 1850 g/mol. The Morgan fingerprint density at radius 3 is 1.05 bits per heavy atom. The van der Waals surface area contributed by atoms with Gasteiger partial charge in [-0.3, -0.25) is 10.1 Å². The number of likely N-dealkylation sites (N-methyl/N-ethyl adjacent to an activating group) is 1. The van der Waals surface area contributed by atoms with E-state index in [1.807, 2.05) is 88.7 Å². The molecule has 3 amide bonds. The molecule has 0 bridgehead atoms. The maximum absolute atomic E-state index is 11.7. The first-order valence-electron chi connectivity index (χ1n) is 45.6. The minimum atomic E-state index is -0.294. The van der Waals surface area contributed by atoms with Crippen LogP contribution in [0.15, 0.2) is 110 Å². The van der Waals surface area contributed by atoms with Crippen molar-refractivity contribution in [2.75, 3.05) is 209 Å². The lowest BCUT2D eigenvalue weighted by Gasteiger charge is -2.27. The van der Waals surface area contributed by atoms with Crippen LogP contribution in [-0.4, -0.2) is 293 Å². The predicted molar refractivity (Wildman–Crippen MR) is 509 cm³/mol. The second kappa shape index (κ2) is 39.5. The molecule has 8 fully saturated rings. The third-order valence-corrected chi connectivity index (χ3v) is 27.0. The Morgan fingerprint density at radius 2 is 0.687 bits per heavy atom. The number of nitrogens with two attached hydrogens (primary N) is 2. The second-order valence-corrected chi connectivity index (χ2v) is 35.7. The normalized spacial score (nSPS) is 17.6. The summed E-state index contributed by atoms with van der Waals surface area (Å²) in [5.74, 6) is 3.45. The number of urea groups is 1. The van der Waals surface area contributed by atoms with E-state index in [0.29, 0.717) is 86.8 Å². The van der Waals surface area contributed by atoms with Crippen molar-refractivity contribution in [3.8, 4) is 45.0 Å². The molecule has 0 unspecified atom stereocenters. The lowest BCUT2D eigenvalue weighted by atomic mass is 10.1. The highest BCUT2D eigenvalue weighted by atomic mass is 32.1. The summed E-state index contributed by atoms with van der Waals surface area (Å²) < 4.78 is 54.6. The third kappa shape index (κ3) is 18.7. The summed E-state index contributed by atoms with van der Waals surface area (Å²) in [4.78, 5) is 98.4. The van der Waals surface area contributed by atoms with E-state index in [-0.39, 0.29) is 48.5 Å². The van der Waals surface area contributed by atoms with Gasteiger partial charge in [0.05, 0.1) is 184 Å². The highest BCUT2D eigenvalue weighted by Gasteiger charge is 2.32. The zero-order valence-electron chi connectivity index (χ0n) is 74.2. The number of carbonyl (C=O) groups is 2. The van der Waals surface area contributed by atoms with Gasteiger partial charge in [0.1, 0.15) is 5.82 Å². The van der Waals surface area contributed by atoms with Crippen LogP contribution in [0.2, 0.25) is 0 Å². The summed E-state index contributed by atoms with van der Waals surface area (Å²) in [6.07, 6.45) is 18.6. The van der Waals surface area contributed by atoms with Gasteiger partial charge in [0.2, 0.25) is 35.6 Å². The quantitative estimate of drug-likeness (QED) is 0.0637. The molecule has 7 N–H and O–H groups in total. The number of amides is 3. The largest absolute Gasteiger partial charge is 0.381 e. The van der Waals surface area contributed by atoms with Crippen molar-refractivity contribution in [2.24, 2.45) is 0 Å². The van der Waals surface area contributed by atoms with E-state index >= 15 is 0 Å². The maximum atomic E-state index is 11.7. The summed E-state index contributed by atoms with van der Waals surface area (Å²) in [5, 5.41) is 33.5. The van der Waals surface area contributed by atoms with E-state index in [1.54, 1.807) is 26.5 Å². The highest BCUT2D eigenvalue weighted by molar-refractivity contribution is 7.22. The van der Waals surface area contributed by atoms with Crippen LogP contribution in [-0.2, 0) is 49.1 Å². The molecule has 20 heterocycles. The average molecular weight is 1850 g/mol. The van der Waals surface area contributed by atoms with Crippen molar-refractivity contribution in [3.63, 3.8) is 0 Å². The zero-order valence-corrected chi connectivity index (χ0v) is 75.9. The first kappa shape index (κ1) is 87.4. The van der Waals surface area contributed by atoms with Gasteiger partial charge in [-0.2, -0.15) is 40.3 Å². The van der Waals surface area contributed by atoms with E-state index < -0.39 is 0 Å². The van der Waals surface area contributed by atoms with Crippen molar-refractivity contribution in [1.82, 2.24) is 120 Å². The number of carbonyl (C=O) groups excluding carboxylic acids is 2. The van der Waals surface area contributed by atoms with Crippen LogP contribution < -0.4 is 47.0 Å². The van der Waals surface area contributed by atoms with Crippen molar-refractivity contribution in [2.45, 2.75) is 82.0 Å². The highest BCUT2D eigenvalue weighted by Crippen LogP contribution is 2.41. The molecule has 8 saturated heterocycles. The van der Waals surface area contributed by atoms with Crippen LogP contribution in [0.1, 0.15) is 81.4 Å². The number of ether oxygens (including phenoxy) is 8. The molecule has 8 aliphatic rings. The molecule has 12 aromatic heterocycles. The number of morpholine rings is 4. The minimum absolute atomic E-state index is 0.119. The zero-order chi connectivity index (χ0) is 90.5. The topological polar surface area (TPSA) is 461 Å². The Balaban J connectivity index is 0.000000107. The van der Waals surface area contributed by atoms with E-state index in [0.717, 1.165) is 294 Å². The van der Waals surface area contributed by atoms with Crippen LogP contribution in [0.3, 0.4) is 0 Å². The van der Waals surface area contributed by atoms with Gasteiger partial charge < -0.3 is 79.6 Å². The van der Waals surface area contributed by atoms with Gasteiger partial charge in [-0.1, -0.05) is 46.9 Å². The Morgan fingerprint density at radius 1 is 0.358 bits per heavy atom. The van der Waals surface area contributed by atoms with Gasteiger partial charge in [0, 0.05) is 165 Å². The molecule has 0 aliphatic carbocycles. The number of aromatic nitrogens is 22. The van der Waals surface area contributed by atoms with Crippen LogP contribution in [0.25, 0.3) is 131 Å². The van der Waals surface area contributed by atoms with Crippen LogP contribution >= 0.6 is 22.7 Å². The summed E-state index contributed by atoms with van der Waals surface area (Å²) in [5.41, 5.74) is 25.7. The molecule has 0 saturated carbocycles. The van der Waals surface area contributed by atoms with Crippen LogP contribution in [0.5, 0.6) is 0 Å². The molecule has 0 atom stereocenters. The van der Waals surface area contributed by atoms with Gasteiger partial charge >= 0.3 is 6.03 Å². The number of rotatable bonds is 15. The molecule has 134 heavy (non-hydrogen) atoms. The number of hydrogen-bond acceptors (Lipinski definition) is 36. The first-order chi connectivity index (χ1) is 65.9. The summed E-state index contributed by atoms with van der Waals surface area (Å²) >= 11 is 2.92. The SMILES string of the molecule is CNC(=O)Cc1ncc2cc(-c3nc(N4CCOCC4)nc4c3cnn4C3CCOCC3)ccc2n1.CNC(=O)Nc1nc2ccc(-c3nc(N4CCOCC4)nc4c3cnn4C3CCOCC3)cc2s1.Nc1nc2ccc(-c3nc(N4CCOCC4)nc4c3cnn4C3CCOCC3)cc2s1.Nc1ncc2cc(-c3nc(N4CCOCC4)nc4c3cnn4C3CCOCC3)ccc2n1. The molecule has 16 aromatic rings. The lowest BCUT2D eigenvalue weighted by molar-refractivity contribution is -0.120.